The third kappa shape index (κ3) is 3.04. The van der Waals surface area contributed by atoms with Gasteiger partial charge in [0.15, 0.2) is 12.4 Å². The minimum absolute atomic E-state index is 0.242. The molecule has 5 nitrogen and oxygen atoms in total. The molecule has 0 fully saturated rings. The van der Waals surface area contributed by atoms with Gasteiger partial charge in [-0.2, -0.15) is 5.43 Å². The third-order valence-corrected chi connectivity index (χ3v) is 2.62. The van der Waals surface area contributed by atoms with E-state index in [1.54, 1.807) is 16.8 Å². The van der Waals surface area contributed by atoms with Crippen molar-refractivity contribution in [3.05, 3.63) is 76.6 Å². The standard InChI is InChI=1S/C13H14N3O2/c17-16(18)13(12-7-3-1-4-8-12)11-14-15-9-5-2-6-10-15/h1-10,13-14H,11H2/q+1. The van der Waals surface area contributed by atoms with Gasteiger partial charge in [-0.05, 0) is 0 Å². The zero-order valence-electron chi connectivity index (χ0n) is 9.77. The molecular formula is C13H14N3O2+. The monoisotopic (exact) mass is 244 g/mol. The zero-order valence-corrected chi connectivity index (χ0v) is 9.77. The molecule has 1 aromatic heterocycles. The maximum atomic E-state index is 11.1. The second-order valence-corrected chi connectivity index (χ2v) is 3.86. The summed E-state index contributed by atoms with van der Waals surface area (Å²) in [5, 5.41) is 11.1. The number of nitrogens with zero attached hydrogens (tertiary/aromatic N) is 2. The first-order chi connectivity index (χ1) is 8.77. The van der Waals surface area contributed by atoms with E-state index in [1.807, 2.05) is 48.8 Å². The van der Waals surface area contributed by atoms with Gasteiger partial charge in [-0.25, -0.2) is 0 Å². The fourth-order valence-electron chi connectivity index (χ4n) is 1.69. The average Bonchev–Trinajstić information content (AvgIpc) is 2.41. The van der Waals surface area contributed by atoms with E-state index in [4.69, 9.17) is 0 Å². The van der Waals surface area contributed by atoms with E-state index in [2.05, 4.69) is 5.43 Å². The van der Waals surface area contributed by atoms with Crippen LogP contribution in [-0.4, -0.2) is 11.5 Å². The number of pyridine rings is 1. The molecular weight excluding hydrogens is 230 g/mol. The average molecular weight is 244 g/mol. The van der Waals surface area contributed by atoms with Crippen LogP contribution in [0.25, 0.3) is 0 Å². The minimum atomic E-state index is -0.751. The van der Waals surface area contributed by atoms with E-state index in [1.165, 1.54) is 0 Å². The minimum Gasteiger partial charge on any atom is -0.264 e. The van der Waals surface area contributed by atoms with Crippen LogP contribution in [0.15, 0.2) is 60.9 Å². The van der Waals surface area contributed by atoms with Crippen LogP contribution in [-0.2, 0) is 0 Å². The predicted molar refractivity (Wildman–Crippen MR) is 67.0 cm³/mol. The zero-order chi connectivity index (χ0) is 12.8. The molecule has 1 N–H and O–H groups in total. The maximum Gasteiger partial charge on any atom is 0.260 e. The van der Waals surface area contributed by atoms with Crippen molar-refractivity contribution in [2.24, 2.45) is 0 Å². The summed E-state index contributed by atoms with van der Waals surface area (Å²) in [6.07, 6.45) is 3.62. The summed E-state index contributed by atoms with van der Waals surface area (Å²) < 4.78 is 1.71. The quantitative estimate of drug-likeness (QED) is 0.493. The van der Waals surface area contributed by atoms with Crippen molar-refractivity contribution < 1.29 is 9.60 Å². The van der Waals surface area contributed by atoms with Crippen LogP contribution in [0.5, 0.6) is 0 Å². The van der Waals surface area contributed by atoms with E-state index >= 15 is 0 Å². The number of hydrogen-bond acceptors (Lipinski definition) is 3. The summed E-state index contributed by atoms with van der Waals surface area (Å²) >= 11 is 0. The highest BCUT2D eigenvalue weighted by Crippen LogP contribution is 2.14. The molecule has 0 amide bonds. The van der Waals surface area contributed by atoms with Gasteiger partial charge < -0.3 is 0 Å². The second-order valence-electron chi connectivity index (χ2n) is 3.86. The Balaban J connectivity index is 2.06. The first-order valence-electron chi connectivity index (χ1n) is 5.66. The lowest BCUT2D eigenvalue weighted by Gasteiger charge is -2.08. The fourth-order valence-corrected chi connectivity index (χ4v) is 1.69. The number of rotatable bonds is 5. The Morgan fingerprint density at radius 2 is 1.72 bits per heavy atom. The molecule has 0 aliphatic heterocycles. The molecule has 1 heterocycles. The van der Waals surface area contributed by atoms with Gasteiger partial charge in [-0.1, -0.05) is 41.1 Å². The number of aromatic nitrogens is 1. The van der Waals surface area contributed by atoms with Crippen LogP contribution >= 0.6 is 0 Å². The Labute approximate surface area is 105 Å². The SMILES string of the molecule is O=[N+]([O-])C(CN[n+]1ccccc1)c1ccccc1. The first kappa shape index (κ1) is 12.0. The number of hydrogen-bond donors (Lipinski definition) is 1. The van der Waals surface area contributed by atoms with Crippen LogP contribution in [0, 0.1) is 10.1 Å². The summed E-state index contributed by atoms with van der Waals surface area (Å²) in [4.78, 5) is 10.8. The molecule has 2 rings (SSSR count). The van der Waals surface area contributed by atoms with Crippen molar-refractivity contribution in [3.63, 3.8) is 0 Å². The van der Waals surface area contributed by atoms with E-state index in [-0.39, 0.29) is 11.5 Å². The molecule has 2 aromatic rings. The molecule has 0 aliphatic carbocycles. The van der Waals surface area contributed by atoms with Gasteiger partial charge in [0.2, 0.25) is 0 Å². The largest absolute Gasteiger partial charge is 0.264 e. The summed E-state index contributed by atoms with van der Waals surface area (Å²) in [5.74, 6) is 0. The van der Waals surface area contributed by atoms with Gasteiger partial charge in [-0.3, -0.25) is 10.1 Å². The summed E-state index contributed by atoms with van der Waals surface area (Å²) in [5.41, 5.74) is 3.70. The molecule has 1 atom stereocenters. The Bertz CT molecular complexity index is 502. The van der Waals surface area contributed by atoms with Crippen LogP contribution in [0.1, 0.15) is 11.6 Å². The molecule has 0 radical (unpaired) electrons. The molecule has 1 unspecified atom stereocenters. The van der Waals surface area contributed by atoms with Crippen molar-refractivity contribution in [2.75, 3.05) is 12.0 Å². The third-order valence-electron chi connectivity index (χ3n) is 2.62. The maximum absolute atomic E-state index is 11.1. The van der Waals surface area contributed by atoms with Crippen LogP contribution in [0.4, 0.5) is 0 Å². The highest BCUT2D eigenvalue weighted by atomic mass is 16.6. The predicted octanol–water partition coefficient (Wildman–Crippen LogP) is 1.54. The van der Waals surface area contributed by atoms with E-state index in [9.17, 15) is 10.1 Å². The molecule has 0 aliphatic rings. The second kappa shape index (κ2) is 5.77. The molecule has 5 heteroatoms. The molecule has 0 bridgehead atoms. The molecule has 92 valence electrons. The van der Waals surface area contributed by atoms with Crippen LogP contribution in [0.2, 0.25) is 0 Å². The van der Waals surface area contributed by atoms with Gasteiger partial charge in [-0.15, -0.1) is 0 Å². The summed E-state index contributed by atoms with van der Waals surface area (Å²) in [7, 11) is 0. The van der Waals surface area contributed by atoms with E-state index < -0.39 is 6.04 Å². The molecule has 0 spiro atoms. The topological polar surface area (TPSA) is 59.1 Å². The number of benzene rings is 1. The Hall–Kier alpha value is -2.43. The summed E-state index contributed by atoms with van der Waals surface area (Å²) in [6.45, 7) is 0.242. The molecule has 0 saturated heterocycles. The van der Waals surface area contributed by atoms with Crippen molar-refractivity contribution >= 4 is 0 Å². The van der Waals surface area contributed by atoms with Gasteiger partial charge in [0, 0.05) is 22.6 Å². The van der Waals surface area contributed by atoms with Crippen molar-refractivity contribution in [1.82, 2.24) is 0 Å². The lowest BCUT2D eigenvalue weighted by atomic mass is 10.1. The Morgan fingerprint density at radius 1 is 1.11 bits per heavy atom. The molecule has 1 aromatic carbocycles. The molecule has 0 saturated carbocycles. The normalized spacial score (nSPS) is 11.8. The molecule has 18 heavy (non-hydrogen) atoms. The fraction of sp³-hybridized carbons (Fsp3) is 0.154. The van der Waals surface area contributed by atoms with Gasteiger partial charge >= 0.3 is 0 Å². The smallest absolute Gasteiger partial charge is 0.260 e. The lowest BCUT2D eigenvalue weighted by Crippen LogP contribution is -2.46. The van der Waals surface area contributed by atoms with E-state index in [0.29, 0.717) is 5.56 Å². The highest BCUT2D eigenvalue weighted by Gasteiger charge is 2.23. The summed E-state index contributed by atoms with van der Waals surface area (Å²) in [6, 6.07) is 13.9. The number of nitrogens with one attached hydrogen (secondary N) is 1. The van der Waals surface area contributed by atoms with E-state index in [0.717, 1.165) is 0 Å². The lowest BCUT2D eigenvalue weighted by molar-refractivity contribution is -0.655. The highest BCUT2D eigenvalue weighted by molar-refractivity contribution is 5.17. The Kier molecular flexibility index (Phi) is 3.86. The van der Waals surface area contributed by atoms with Crippen molar-refractivity contribution in [3.8, 4) is 0 Å². The van der Waals surface area contributed by atoms with Gasteiger partial charge in [0.1, 0.15) is 6.54 Å². The van der Waals surface area contributed by atoms with Gasteiger partial charge in [0.25, 0.3) is 6.04 Å². The van der Waals surface area contributed by atoms with Gasteiger partial charge in [0.05, 0.1) is 0 Å². The first-order valence-corrected chi connectivity index (χ1v) is 5.66. The number of nitro groups is 1. The van der Waals surface area contributed by atoms with Crippen molar-refractivity contribution in [2.45, 2.75) is 6.04 Å². The van der Waals surface area contributed by atoms with Crippen LogP contribution < -0.4 is 10.1 Å². The van der Waals surface area contributed by atoms with Crippen LogP contribution in [0.3, 0.4) is 0 Å². The van der Waals surface area contributed by atoms with Crippen molar-refractivity contribution in [1.29, 1.82) is 0 Å². The Morgan fingerprint density at radius 3 is 2.33 bits per heavy atom.